The minimum atomic E-state index is 0.700. The molecule has 90 valence electrons. The van der Waals surface area contributed by atoms with E-state index in [2.05, 4.69) is 29.4 Å². The molecule has 0 unspecified atom stereocenters. The second-order valence-electron chi connectivity index (χ2n) is 3.91. The lowest BCUT2D eigenvalue weighted by Gasteiger charge is -2.03. The molecule has 0 radical (unpaired) electrons. The normalized spacial score (nSPS) is 10.7. The molecule has 0 saturated carbocycles. The Balaban J connectivity index is 2.11. The number of fused-ring (bicyclic) bond motifs is 1. The van der Waals surface area contributed by atoms with Crippen molar-refractivity contribution in [2.24, 2.45) is 0 Å². The van der Waals surface area contributed by atoms with Crippen LogP contribution in [0.1, 0.15) is 5.56 Å². The lowest BCUT2D eigenvalue weighted by molar-refractivity contribution is -0.105. The van der Waals surface area contributed by atoms with Crippen molar-refractivity contribution < 1.29 is 4.79 Å². The number of aromatic nitrogens is 1. The van der Waals surface area contributed by atoms with Crippen molar-refractivity contribution in [1.29, 1.82) is 0 Å². The lowest BCUT2D eigenvalue weighted by atomic mass is 10.1. The van der Waals surface area contributed by atoms with E-state index in [-0.39, 0.29) is 0 Å². The number of carbonyl (C=O) groups is 1. The van der Waals surface area contributed by atoms with Crippen molar-refractivity contribution >= 4 is 44.3 Å². The summed E-state index contributed by atoms with van der Waals surface area (Å²) in [4.78, 5) is 15.9. The number of benzene rings is 1. The zero-order valence-corrected chi connectivity index (χ0v) is 11.3. The third-order valence-electron chi connectivity index (χ3n) is 2.75. The molecular formula is C13H10N2OS2. The first kappa shape index (κ1) is 11.4. The van der Waals surface area contributed by atoms with Gasteiger partial charge in [0.15, 0.2) is 0 Å². The van der Waals surface area contributed by atoms with E-state index in [1.807, 2.05) is 17.6 Å². The first-order valence-electron chi connectivity index (χ1n) is 5.42. The molecule has 2 heterocycles. The van der Waals surface area contributed by atoms with Crippen molar-refractivity contribution in [3.05, 3.63) is 35.3 Å². The van der Waals surface area contributed by atoms with Gasteiger partial charge in [-0.25, -0.2) is 4.98 Å². The van der Waals surface area contributed by atoms with Crippen LogP contribution in [0, 0.1) is 6.92 Å². The largest absolute Gasteiger partial charge is 0.320 e. The molecule has 0 aliphatic carbocycles. The maximum Gasteiger partial charge on any atom is 0.212 e. The van der Waals surface area contributed by atoms with E-state index in [0.29, 0.717) is 6.41 Å². The predicted molar refractivity (Wildman–Crippen MR) is 77.4 cm³/mol. The molecule has 18 heavy (non-hydrogen) atoms. The van der Waals surface area contributed by atoms with Crippen LogP contribution >= 0.6 is 22.7 Å². The highest BCUT2D eigenvalue weighted by atomic mass is 32.1. The van der Waals surface area contributed by atoms with Crippen LogP contribution in [0.15, 0.2) is 29.8 Å². The van der Waals surface area contributed by atoms with Crippen LogP contribution in [0.3, 0.4) is 0 Å². The number of rotatable bonds is 3. The second-order valence-corrected chi connectivity index (χ2v) is 5.88. The SMILES string of the molecule is Cc1cc2scnc2cc1-c1ccc(NC=O)s1. The highest BCUT2D eigenvalue weighted by Crippen LogP contribution is 2.35. The zero-order chi connectivity index (χ0) is 12.5. The molecule has 0 bridgehead atoms. The summed E-state index contributed by atoms with van der Waals surface area (Å²) in [6, 6.07) is 8.21. The maximum absolute atomic E-state index is 10.4. The molecule has 5 heteroatoms. The molecule has 3 rings (SSSR count). The third-order valence-corrected chi connectivity index (χ3v) is 4.59. The molecule has 1 N–H and O–H groups in total. The Labute approximate surface area is 112 Å². The minimum absolute atomic E-state index is 0.700. The number of aryl methyl sites for hydroxylation is 1. The van der Waals surface area contributed by atoms with Crippen molar-refractivity contribution in [1.82, 2.24) is 4.98 Å². The topological polar surface area (TPSA) is 42.0 Å². The fraction of sp³-hybridized carbons (Fsp3) is 0.0769. The molecule has 3 nitrogen and oxygen atoms in total. The van der Waals surface area contributed by atoms with E-state index >= 15 is 0 Å². The number of hydrogen-bond donors (Lipinski definition) is 1. The number of amides is 1. The number of thiazole rings is 1. The van der Waals surface area contributed by atoms with Crippen LogP contribution in [0.2, 0.25) is 0 Å². The van der Waals surface area contributed by atoms with Crippen molar-refractivity contribution in [3.63, 3.8) is 0 Å². The summed E-state index contributed by atoms with van der Waals surface area (Å²) in [5, 5.41) is 3.53. The van der Waals surface area contributed by atoms with Gasteiger partial charge in [0.25, 0.3) is 0 Å². The maximum atomic E-state index is 10.4. The number of anilines is 1. The molecular weight excluding hydrogens is 264 g/mol. The summed E-state index contributed by atoms with van der Waals surface area (Å²) in [5.74, 6) is 0. The van der Waals surface area contributed by atoms with E-state index in [1.54, 1.807) is 22.7 Å². The summed E-state index contributed by atoms with van der Waals surface area (Å²) in [6.07, 6.45) is 0.700. The highest BCUT2D eigenvalue weighted by molar-refractivity contribution is 7.19. The summed E-state index contributed by atoms with van der Waals surface area (Å²) >= 11 is 3.22. The molecule has 0 fully saturated rings. The minimum Gasteiger partial charge on any atom is -0.320 e. The summed E-state index contributed by atoms with van der Waals surface area (Å²) in [5.41, 5.74) is 5.30. The molecule has 0 spiro atoms. The van der Waals surface area contributed by atoms with E-state index in [4.69, 9.17) is 0 Å². The van der Waals surface area contributed by atoms with Crippen LogP contribution in [-0.2, 0) is 4.79 Å². The number of hydrogen-bond acceptors (Lipinski definition) is 4. The Hall–Kier alpha value is -1.72. The van der Waals surface area contributed by atoms with Crippen LogP contribution in [-0.4, -0.2) is 11.4 Å². The van der Waals surface area contributed by atoms with Crippen LogP contribution in [0.5, 0.6) is 0 Å². The summed E-state index contributed by atoms with van der Waals surface area (Å²) in [6.45, 7) is 2.10. The standard InChI is InChI=1S/C13H10N2OS2/c1-8-4-12-10(15-7-17-12)5-9(8)11-2-3-13(18-11)14-6-16/h2-7H,1H3,(H,14,16). The number of thiophene rings is 1. The summed E-state index contributed by atoms with van der Waals surface area (Å²) in [7, 11) is 0. The Morgan fingerprint density at radius 3 is 3.06 bits per heavy atom. The van der Waals surface area contributed by atoms with Gasteiger partial charge in [-0.1, -0.05) is 0 Å². The molecule has 0 aliphatic rings. The second kappa shape index (κ2) is 4.51. The highest BCUT2D eigenvalue weighted by Gasteiger charge is 2.08. The molecule has 3 aromatic rings. The van der Waals surface area contributed by atoms with E-state index < -0.39 is 0 Å². The molecule has 0 aliphatic heterocycles. The first-order chi connectivity index (χ1) is 8.78. The zero-order valence-electron chi connectivity index (χ0n) is 9.64. The van der Waals surface area contributed by atoms with E-state index in [9.17, 15) is 4.79 Å². The van der Waals surface area contributed by atoms with E-state index in [1.165, 1.54) is 15.8 Å². The van der Waals surface area contributed by atoms with Gasteiger partial charge in [-0.2, -0.15) is 0 Å². The Morgan fingerprint density at radius 1 is 1.33 bits per heavy atom. The predicted octanol–water partition coefficient (Wildman–Crippen LogP) is 3.90. The van der Waals surface area contributed by atoms with Gasteiger partial charge < -0.3 is 5.32 Å². The monoisotopic (exact) mass is 274 g/mol. The van der Waals surface area contributed by atoms with Gasteiger partial charge in [0, 0.05) is 4.88 Å². The summed E-state index contributed by atoms with van der Waals surface area (Å²) < 4.78 is 1.21. The molecule has 1 amide bonds. The van der Waals surface area contributed by atoms with Crippen LogP contribution in [0.25, 0.3) is 20.7 Å². The van der Waals surface area contributed by atoms with Crippen LogP contribution < -0.4 is 5.32 Å². The number of nitrogens with zero attached hydrogens (tertiary/aromatic N) is 1. The fourth-order valence-corrected chi connectivity index (χ4v) is 3.59. The first-order valence-corrected chi connectivity index (χ1v) is 7.12. The Bertz CT molecular complexity index is 715. The van der Waals surface area contributed by atoms with Gasteiger partial charge in [0.1, 0.15) is 0 Å². The fourth-order valence-electron chi connectivity index (χ4n) is 1.89. The lowest BCUT2D eigenvalue weighted by Crippen LogP contribution is -1.88. The van der Waals surface area contributed by atoms with Crippen LogP contribution in [0.4, 0.5) is 5.00 Å². The smallest absolute Gasteiger partial charge is 0.212 e. The quantitative estimate of drug-likeness (QED) is 0.736. The van der Waals surface area contributed by atoms with Gasteiger partial charge in [-0.3, -0.25) is 4.79 Å². The third kappa shape index (κ3) is 1.91. The van der Waals surface area contributed by atoms with Crippen molar-refractivity contribution in [3.8, 4) is 10.4 Å². The molecule has 0 saturated heterocycles. The molecule has 1 aromatic carbocycles. The number of nitrogens with one attached hydrogen (secondary N) is 1. The van der Waals surface area contributed by atoms with Gasteiger partial charge in [0.05, 0.1) is 20.7 Å². The average Bonchev–Trinajstić information content (AvgIpc) is 2.96. The average molecular weight is 274 g/mol. The van der Waals surface area contributed by atoms with Gasteiger partial charge in [0.2, 0.25) is 6.41 Å². The molecule has 2 aromatic heterocycles. The number of carbonyl (C=O) groups excluding carboxylic acids is 1. The van der Waals surface area contributed by atoms with Gasteiger partial charge in [-0.05, 0) is 42.3 Å². The van der Waals surface area contributed by atoms with Gasteiger partial charge >= 0.3 is 0 Å². The Kier molecular flexibility index (Phi) is 2.85. The molecule has 0 atom stereocenters. The van der Waals surface area contributed by atoms with Gasteiger partial charge in [-0.15, -0.1) is 22.7 Å². The van der Waals surface area contributed by atoms with E-state index in [0.717, 1.165) is 15.4 Å². The van der Waals surface area contributed by atoms with Crippen molar-refractivity contribution in [2.45, 2.75) is 6.92 Å². The Morgan fingerprint density at radius 2 is 2.22 bits per heavy atom. The van der Waals surface area contributed by atoms with Crippen molar-refractivity contribution in [2.75, 3.05) is 5.32 Å².